The highest BCUT2D eigenvalue weighted by molar-refractivity contribution is 5.62. The van der Waals surface area contributed by atoms with Crippen molar-refractivity contribution in [2.75, 3.05) is 6.67 Å². The van der Waals surface area contributed by atoms with E-state index in [1.54, 1.807) is 0 Å². The van der Waals surface area contributed by atoms with Gasteiger partial charge in [-0.1, -0.05) is 0 Å². The second kappa shape index (κ2) is 2.60. The lowest BCUT2D eigenvalue weighted by Gasteiger charge is -2.10. The van der Waals surface area contributed by atoms with Gasteiger partial charge < -0.3 is 9.47 Å². The van der Waals surface area contributed by atoms with Crippen LogP contribution in [0.25, 0.3) is 0 Å². The molecular formula is C5H5F3O3. The van der Waals surface area contributed by atoms with Gasteiger partial charge in [0.15, 0.2) is 0 Å². The van der Waals surface area contributed by atoms with E-state index in [0.29, 0.717) is 0 Å². The molecule has 1 atom stereocenters. The third-order valence-corrected chi connectivity index (χ3v) is 1.20. The molecule has 11 heavy (non-hydrogen) atoms. The Labute approximate surface area is 60.1 Å². The van der Waals surface area contributed by atoms with Crippen molar-refractivity contribution in [1.29, 1.82) is 0 Å². The predicted molar refractivity (Wildman–Crippen MR) is 26.9 cm³/mol. The Morgan fingerprint density at radius 1 is 1.55 bits per heavy atom. The van der Waals surface area contributed by atoms with E-state index in [2.05, 4.69) is 9.47 Å². The molecule has 0 aromatic heterocycles. The number of halogens is 3. The number of carbonyl (C=O) groups excluding carboxylic acids is 1. The van der Waals surface area contributed by atoms with E-state index in [1.807, 2.05) is 0 Å². The lowest BCUT2D eigenvalue weighted by Crippen LogP contribution is -2.30. The Hall–Kier alpha value is -0.940. The number of cyclic esters (lactones) is 2. The van der Waals surface area contributed by atoms with Crippen molar-refractivity contribution in [2.45, 2.75) is 18.6 Å². The van der Waals surface area contributed by atoms with E-state index in [9.17, 15) is 18.0 Å². The minimum absolute atomic E-state index is 0.543. The minimum Gasteiger partial charge on any atom is -0.420 e. The summed E-state index contributed by atoms with van der Waals surface area (Å²) in [6.45, 7) is -0.975. The molecule has 0 bridgehead atoms. The van der Waals surface area contributed by atoms with Gasteiger partial charge in [0.2, 0.25) is 6.10 Å². The standard InChI is InChI=1S/C5H5F3O3/c6-2-1-3-5(7,8)11-4(9)10-3/h3H,1-2H2. The molecular weight excluding hydrogens is 165 g/mol. The number of rotatable bonds is 2. The average molecular weight is 170 g/mol. The summed E-state index contributed by atoms with van der Waals surface area (Å²) in [6, 6.07) is 0. The molecule has 1 fully saturated rings. The van der Waals surface area contributed by atoms with Crippen LogP contribution in [-0.2, 0) is 9.47 Å². The summed E-state index contributed by atoms with van der Waals surface area (Å²) in [7, 11) is 0. The Kier molecular flexibility index (Phi) is 1.92. The van der Waals surface area contributed by atoms with E-state index in [1.165, 1.54) is 0 Å². The molecule has 1 aliphatic rings. The number of hydrogen-bond acceptors (Lipinski definition) is 3. The second-order valence-corrected chi connectivity index (χ2v) is 2.00. The van der Waals surface area contributed by atoms with Gasteiger partial charge in [0.25, 0.3) is 0 Å². The summed E-state index contributed by atoms with van der Waals surface area (Å²) < 4.78 is 43.6. The van der Waals surface area contributed by atoms with E-state index in [-0.39, 0.29) is 0 Å². The molecule has 1 rings (SSSR count). The zero-order chi connectivity index (χ0) is 8.48. The molecule has 1 heterocycles. The number of ether oxygens (including phenoxy) is 2. The zero-order valence-corrected chi connectivity index (χ0v) is 5.35. The molecule has 0 aromatic rings. The first-order valence-corrected chi connectivity index (χ1v) is 2.89. The molecule has 6 heteroatoms. The summed E-state index contributed by atoms with van der Waals surface area (Å²) in [5.41, 5.74) is 0. The van der Waals surface area contributed by atoms with Crippen LogP contribution in [0.2, 0.25) is 0 Å². The fourth-order valence-electron chi connectivity index (χ4n) is 0.712. The summed E-state index contributed by atoms with van der Waals surface area (Å²) in [5.74, 6) is 0. The highest BCUT2D eigenvalue weighted by Gasteiger charge is 2.53. The zero-order valence-electron chi connectivity index (χ0n) is 5.35. The van der Waals surface area contributed by atoms with Crippen LogP contribution in [0.15, 0.2) is 0 Å². The first-order valence-electron chi connectivity index (χ1n) is 2.89. The second-order valence-electron chi connectivity index (χ2n) is 2.00. The number of carbonyl (C=O) groups is 1. The maximum Gasteiger partial charge on any atom is 0.513 e. The van der Waals surface area contributed by atoms with Gasteiger partial charge >= 0.3 is 12.3 Å². The maximum absolute atomic E-state index is 12.3. The summed E-state index contributed by atoms with van der Waals surface area (Å²) in [6.07, 6.45) is -7.45. The van der Waals surface area contributed by atoms with Crippen LogP contribution in [0.4, 0.5) is 18.0 Å². The molecule has 0 radical (unpaired) electrons. The number of alkyl halides is 3. The molecule has 1 saturated heterocycles. The van der Waals surface area contributed by atoms with Crippen molar-refractivity contribution < 1.29 is 27.4 Å². The van der Waals surface area contributed by atoms with Gasteiger partial charge in [-0.2, -0.15) is 8.78 Å². The van der Waals surface area contributed by atoms with Crippen molar-refractivity contribution in [3.8, 4) is 0 Å². The average Bonchev–Trinajstić information content (AvgIpc) is 2.07. The molecule has 0 spiro atoms. The molecule has 0 saturated carbocycles. The van der Waals surface area contributed by atoms with Gasteiger partial charge in [-0.15, -0.1) is 0 Å². The van der Waals surface area contributed by atoms with E-state index < -0.39 is 31.5 Å². The fourth-order valence-corrected chi connectivity index (χ4v) is 0.712. The Bertz CT molecular complexity index is 170. The van der Waals surface area contributed by atoms with E-state index in [4.69, 9.17) is 0 Å². The third kappa shape index (κ3) is 1.55. The van der Waals surface area contributed by atoms with Crippen molar-refractivity contribution >= 4 is 6.16 Å². The molecule has 0 aliphatic carbocycles. The van der Waals surface area contributed by atoms with Gasteiger partial charge in [-0.05, 0) is 0 Å². The van der Waals surface area contributed by atoms with Crippen molar-refractivity contribution in [3.63, 3.8) is 0 Å². The lowest BCUT2D eigenvalue weighted by atomic mass is 10.2. The van der Waals surface area contributed by atoms with Crippen LogP contribution in [-0.4, -0.2) is 25.0 Å². The molecule has 0 aromatic carbocycles. The lowest BCUT2D eigenvalue weighted by molar-refractivity contribution is -0.200. The summed E-state index contributed by atoms with van der Waals surface area (Å²) >= 11 is 0. The Morgan fingerprint density at radius 3 is 2.55 bits per heavy atom. The predicted octanol–water partition coefficient (Wildman–Crippen LogP) is 1.47. The normalized spacial score (nSPS) is 27.9. The molecule has 0 amide bonds. The van der Waals surface area contributed by atoms with Gasteiger partial charge in [0, 0.05) is 6.42 Å². The topological polar surface area (TPSA) is 35.5 Å². The number of hydrogen-bond donors (Lipinski definition) is 0. The Morgan fingerprint density at radius 2 is 2.18 bits per heavy atom. The van der Waals surface area contributed by atoms with Crippen LogP contribution in [0.5, 0.6) is 0 Å². The summed E-state index contributed by atoms with van der Waals surface area (Å²) in [4.78, 5) is 10.1. The van der Waals surface area contributed by atoms with Crippen molar-refractivity contribution in [3.05, 3.63) is 0 Å². The Balaban J connectivity index is 2.58. The van der Waals surface area contributed by atoms with Crippen LogP contribution in [0.1, 0.15) is 6.42 Å². The smallest absolute Gasteiger partial charge is 0.420 e. The first-order chi connectivity index (χ1) is 5.06. The van der Waals surface area contributed by atoms with Crippen LogP contribution >= 0.6 is 0 Å². The summed E-state index contributed by atoms with van der Waals surface area (Å²) in [5, 5.41) is 0. The van der Waals surface area contributed by atoms with Crippen LogP contribution < -0.4 is 0 Å². The minimum atomic E-state index is -3.68. The van der Waals surface area contributed by atoms with E-state index in [0.717, 1.165) is 0 Å². The van der Waals surface area contributed by atoms with Crippen LogP contribution in [0.3, 0.4) is 0 Å². The van der Waals surface area contributed by atoms with E-state index >= 15 is 0 Å². The monoisotopic (exact) mass is 170 g/mol. The van der Waals surface area contributed by atoms with Crippen LogP contribution in [0, 0.1) is 0 Å². The fraction of sp³-hybridized carbons (Fsp3) is 0.800. The SMILES string of the molecule is O=C1OC(CCF)C(F)(F)O1. The molecule has 1 aliphatic heterocycles. The molecule has 3 nitrogen and oxygen atoms in total. The first kappa shape index (κ1) is 8.16. The quantitative estimate of drug-likeness (QED) is 0.588. The van der Waals surface area contributed by atoms with Crippen molar-refractivity contribution in [1.82, 2.24) is 0 Å². The maximum atomic E-state index is 12.3. The third-order valence-electron chi connectivity index (χ3n) is 1.20. The van der Waals surface area contributed by atoms with Gasteiger partial charge in [0.1, 0.15) is 0 Å². The highest BCUT2D eigenvalue weighted by Crippen LogP contribution is 2.31. The van der Waals surface area contributed by atoms with Crippen molar-refractivity contribution in [2.24, 2.45) is 0 Å². The molecule has 0 N–H and O–H groups in total. The van der Waals surface area contributed by atoms with Gasteiger partial charge in [-0.3, -0.25) is 4.39 Å². The van der Waals surface area contributed by atoms with Gasteiger partial charge in [-0.25, -0.2) is 4.79 Å². The molecule has 1 unspecified atom stereocenters. The van der Waals surface area contributed by atoms with Gasteiger partial charge in [0.05, 0.1) is 6.67 Å². The molecule has 64 valence electrons. The highest BCUT2D eigenvalue weighted by atomic mass is 19.3. The largest absolute Gasteiger partial charge is 0.513 e.